The smallest absolute Gasteiger partial charge is 0.339 e. The van der Waals surface area contributed by atoms with E-state index in [2.05, 4.69) is 5.92 Å². The molecular weight excluding hydrogens is 254 g/mol. The van der Waals surface area contributed by atoms with Crippen molar-refractivity contribution in [2.24, 2.45) is 0 Å². The van der Waals surface area contributed by atoms with Crippen molar-refractivity contribution in [3.05, 3.63) is 59.4 Å². The van der Waals surface area contributed by atoms with Crippen LogP contribution in [0.3, 0.4) is 0 Å². The van der Waals surface area contributed by atoms with E-state index < -0.39 is 5.97 Å². The maximum atomic E-state index is 11.7. The number of terminal acetylenes is 1. The summed E-state index contributed by atoms with van der Waals surface area (Å²) in [7, 11) is 0. The molecule has 20 heavy (non-hydrogen) atoms. The van der Waals surface area contributed by atoms with Crippen LogP contribution >= 0.6 is 0 Å². The third kappa shape index (κ3) is 3.15. The van der Waals surface area contributed by atoms with Crippen LogP contribution < -0.4 is 0 Å². The average molecular weight is 267 g/mol. The van der Waals surface area contributed by atoms with Gasteiger partial charge < -0.3 is 9.30 Å². The molecule has 2 aromatic rings. The van der Waals surface area contributed by atoms with Crippen molar-refractivity contribution < 1.29 is 14.3 Å². The van der Waals surface area contributed by atoms with Crippen LogP contribution in [0.5, 0.6) is 0 Å². The number of ether oxygens (including phenoxy) is 1. The van der Waals surface area contributed by atoms with Crippen molar-refractivity contribution in [1.82, 2.24) is 4.57 Å². The molecule has 4 heteroatoms. The summed E-state index contributed by atoms with van der Waals surface area (Å²) in [6.07, 6.45) is 7.65. The van der Waals surface area contributed by atoms with Crippen LogP contribution in [0.25, 0.3) is 0 Å². The Morgan fingerprint density at radius 1 is 1.35 bits per heavy atom. The molecule has 0 radical (unpaired) electrons. The SMILES string of the molecule is C#CCOC(=O)c1cccc(Cn2cccc2C=O)c1. The van der Waals surface area contributed by atoms with Crippen LogP contribution in [0.1, 0.15) is 26.4 Å². The third-order valence-corrected chi connectivity index (χ3v) is 2.79. The molecule has 0 atom stereocenters. The number of rotatable bonds is 5. The molecule has 2 rings (SSSR count). The summed E-state index contributed by atoms with van der Waals surface area (Å²) in [6, 6.07) is 10.6. The Balaban J connectivity index is 2.16. The van der Waals surface area contributed by atoms with Gasteiger partial charge in [-0.2, -0.15) is 0 Å². The van der Waals surface area contributed by atoms with Crippen molar-refractivity contribution >= 4 is 12.3 Å². The minimum absolute atomic E-state index is 0.0457. The number of aromatic nitrogens is 1. The third-order valence-electron chi connectivity index (χ3n) is 2.79. The van der Waals surface area contributed by atoms with Gasteiger partial charge in [-0.25, -0.2) is 4.79 Å². The zero-order valence-electron chi connectivity index (χ0n) is 10.8. The van der Waals surface area contributed by atoms with Gasteiger partial charge in [0.2, 0.25) is 0 Å². The van der Waals surface area contributed by atoms with Gasteiger partial charge in [-0.05, 0) is 29.8 Å². The molecule has 0 aliphatic carbocycles. The molecule has 1 heterocycles. The first-order valence-corrected chi connectivity index (χ1v) is 6.04. The predicted octanol–water partition coefficient (Wildman–Crippen LogP) is 2.14. The molecule has 0 saturated heterocycles. The summed E-state index contributed by atoms with van der Waals surface area (Å²) >= 11 is 0. The molecule has 100 valence electrons. The second kappa shape index (κ2) is 6.39. The molecule has 1 aromatic heterocycles. The number of hydrogen-bond acceptors (Lipinski definition) is 3. The lowest BCUT2D eigenvalue weighted by molar-refractivity contribution is 0.0556. The highest BCUT2D eigenvalue weighted by molar-refractivity contribution is 5.89. The molecule has 0 unspecified atom stereocenters. The van der Waals surface area contributed by atoms with Crippen LogP contribution in [0, 0.1) is 12.3 Å². The second-order valence-corrected chi connectivity index (χ2v) is 4.16. The van der Waals surface area contributed by atoms with E-state index in [4.69, 9.17) is 11.2 Å². The molecule has 1 aromatic carbocycles. The van der Waals surface area contributed by atoms with E-state index in [0.717, 1.165) is 11.8 Å². The molecule has 4 nitrogen and oxygen atoms in total. The summed E-state index contributed by atoms with van der Waals surface area (Å²) in [5, 5.41) is 0. The van der Waals surface area contributed by atoms with Crippen LogP contribution in [0.2, 0.25) is 0 Å². The number of aldehydes is 1. The van der Waals surface area contributed by atoms with E-state index in [1.165, 1.54) is 0 Å². The van der Waals surface area contributed by atoms with E-state index in [1.807, 2.05) is 12.3 Å². The summed E-state index contributed by atoms with van der Waals surface area (Å²) in [4.78, 5) is 22.6. The Kier molecular flexibility index (Phi) is 4.35. The van der Waals surface area contributed by atoms with Gasteiger partial charge in [0.15, 0.2) is 12.9 Å². The molecule has 0 fully saturated rings. The number of carbonyl (C=O) groups excluding carboxylic acids is 2. The van der Waals surface area contributed by atoms with Crippen LogP contribution in [0.4, 0.5) is 0 Å². The summed E-state index contributed by atoms with van der Waals surface area (Å²) in [5.74, 6) is 1.80. The molecule has 0 N–H and O–H groups in total. The van der Waals surface area contributed by atoms with Crippen molar-refractivity contribution in [3.8, 4) is 12.3 Å². The Hall–Kier alpha value is -2.80. The fourth-order valence-electron chi connectivity index (χ4n) is 1.86. The number of esters is 1. The average Bonchev–Trinajstić information content (AvgIpc) is 2.92. The predicted molar refractivity (Wildman–Crippen MR) is 74.5 cm³/mol. The highest BCUT2D eigenvalue weighted by atomic mass is 16.5. The quantitative estimate of drug-likeness (QED) is 0.474. The Bertz CT molecular complexity index is 664. The van der Waals surface area contributed by atoms with Crippen LogP contribution in [-0.2, 0) is 11.3 Å². The Labute approximate surface area is 117 Å². The fourth-order valence-corrected chi connectivity index (χ4v) is 1.86. The highest BCUT2D eigenvalue weighted by Gasteiger charge is 2.08. The summed E-state index contributed by atoms with van der Waals surface area (Å²) in [6.45, 7) is 0.466. The monoisotopic (exact) mass is 267 g/mol. The molecule has 0 bridgehead atoms. The standard InChI is InChI=1S/C16H13NO3/c1-2-9-20-16(19)14-6-3-5-13(10-14)11-17-8-4-7-15(17)12-18/h1,3-8,10,12H,9,11H2. The first-order valence-electron chi connectivity index (χ1n) is 6.04. The zero-order chi connectivity index (χ0) is 14.4. The van der Waals surface area contributed by atoms with Crippen molar-refractivity contribution in [2.45, 2.75) is 6.54 Å². The maximum Gasteiger partial charge on any atom is 0.339 e. The Morgan fingerprint density at radius 3 is 2.95 bits per heavy atom. The van der Waals surface area contributed by atoms with Gasteiger partial charge in [0.25, 0.3) is 0 Å². The first kappa shape index (κ1) is 13.6. The molecule has 0 spiro atoms. The lowest BCUT2D eigenvalue weighted by atomic mass is 10.1. The molecule has 0 saturated carbocycles. The fraction of sp³-hybridized carbons (Fsp3) is 0.125. The van der Waals surface area contributed by atoms with Crippen LogP contribution in [-0.4, -0.2) is 23.4 Å². The van der Waals surface area contributed by atoms with Gasteiger partial charge in [0.05, 0.1) is 11.3 Å². The molecule has 0 aliphatic heterocycles. The largest absolute Gasteiger partial charge is 0.449 e. The number of carbonyl (C=O) groups is 2. The highest BCUT2D eigenvalue weighted by Crippen LogP contribution is 2.10. The van der Waals surface area contributed by atoms with E-state index in [0.29, 0.717) is 17.8 Å². The number of benzene rings is 1. The number of hydrogen-bond donors (Lipinski definition) is 0. The zero-order valence-corrected chi connectivity index (χ0v) is 10.8. The van der Waals surface area contributed by atoms with Crippen molar-refractivity contribution in [1.29, 1.82) is 0 Å². The second-order valence-electron chi connectivity index (χ2n) is 4.16. The van der Waals surface area contributed by atoms with Crippen molar-refractivity contribution in [3.63, 3.8) is 0 Å². The lowest BCUT2D eigenvalue weighted by Crippen LogP contribution is -2.07. The Morgan fingerprint density at radius 2 is 2.20 bits per heavy atom. The van der Waals surface area contributed by atoms with Gasteiger partial charge >= 0.3 is 5.97 Å². The summed E-state index contributed by atoms with van der Waals surface area (Å²) in [5.41, 5.74) is 1.93. The van der Waals surface area contributed by atoms with Gasteiger partial charge in [0, 0.05) is 12.7 Å². The molecule has 0 aliphatic rings. The maximum absolute atomic E-state index is 11.7. The van der Waals surface area contributed by atoms with Gasteiger partial charge in [0.1, 0.15) is 0 Å². The summed E-state index contributed by atoms with van der Waals surface area (Å²) < 4.78 is 6.68. The van der Waals surface area contributed by atoms with E-state index in [9.17, 15) is 9.59 Å². The minimum Gasteiger partial charge on any atom is -0.449 e. The van der Waals surface area contributed by atoms with Crippen LogP contribution in [0.15, 0.2) is 42.6 Å². The van der Waals surface area contributed by atoms with Crippen molar-refractivity contribution in [2.75, 3.05) is 6.61 Å². The van der Waals surface area contributed by atoms with Gasteiger partial charge in [-0.3, -0.25) is 4.79 Å². The molecular formula is C16H13NO3. The van der Waals surface area contributed by atoms with Gasteiger partial charge in [-0.1, -0.05) is 18.1 Å². The lowest BCUT2D eigenvalue weighted by Gasteiger charge is -2.07. The first-order chi connectivity index (χ1) is 9.74. The van der Waals surface area contributed by atoms with E-state index in [1.54, 1.807) is 34.9 Å². The van der Waals surface area contributed by atoms with Gasteiger partial charge in [-0.15, -0.1) is 6.42 Å². The van der Waals surface area contributed by atoms with E-state index >= 15 is 0 Å². The number of nitrogens with zero attached hydrogens (tertiary/aromatic N) is 1. The van der Waals surface area contributed by atoms with E-state index in [-0.39, 0.29) is 6.61 Å². The minimum atomic E-state index is -0.451. The topological polar surface area (TPSA) is 48.3 Å². The molecule has 0 amide bonds. The normalized spacial score (nSPS) is 9.75.